The van der Waals surface area contributed by atoms with Crippen LogP contribution in [-0.2, 0) is 16.6 Å². The number of aliphatic hydroxyl groups is 1. The van der Waals surface area contributed by atoms with E-state index in [0.717, 1.165) is 23.4 Å². The molecular weight excluding hydrogens is 320 g/mol. The zero-order valence-corrected chi connectivity index (χ0v) is 13.6. The maximum Gasteiger partial charge on any atom is 0.235 e. The number of rotatable bonds is 4. The molecule has 0 aromatic heterocycles. The number of anilines is 2. The maximum atomic E-state index is 12.8. The molecule has 2 aromatic carbocycles. The molecule has 6 nitrogen and oxygen atoms in total. The van der Waals surface area contributed by atoms with Crippen molar-refractivity contribution in [2.24, 2.45) is 0 Å². The highest BCUT2D eigenvalue weighted by molar-refractivity contribution is 6.01. The Bertz CT molecular complexity index is 845. The molecular formula is C19H20N2O4. The highest BCUT2D eigenvalue weighted by Crippen LogP contribution is 2.50. The lowest BCUT2D eigenvalue weighted by Crippen LogP contribution is -2.27. The van der Waals surface area contributed by atoms with Crippen LogP contribution in [0, 0.1) is 0 Å². The average Bonchev–Trinajstić information content (AvgIpc) is 3.31. The van der Waals surface area contributed by atoms with Crippen molar-refractivity contribution in [1.82, 2.24) is 0 Å². The Labute approximate surface area is 145 Å². The van der Waals surface area contributed by atoms with Gasteiger partial charge in [0, 0.05) is 11.4 Å². The summed E-state index contributed by atoms with van der Waals surface area (Å²) in [5, 5.41) is 34.6. The Morgan fingerprint density at radius 1 is 1.16 bits per heavy atom. The van der Waals surface area contributed by atoms with E-state index in [1.54, 1.807) is 6.07 Å². The van der Waals surface area contributed by atoms with Crippen molar-refractivity contribution in [2.75, 3.05) is 17.2 Å². The van der Waals surface area contributed by atoms with Gasteiger partial charge < -0.3 is 26.0 Å². The third kappa shape index (κ3) is 2.68. The molecule has 4 rings (SSSR count). The molecule has 0 spiro atoms. The minimum atomic E-state index is -0.643. The van der Waals surface area contributed by atoms with Gasteiger partial charge in [-0.15, -0.1) is 0 Å². The van der Waals surface area contributed by atoms with Gasteiger partial charge in [-0.3, -0.25) is 4.79 Å². The summed E-state index contributed by atoms with van der Waals surface area (Å²) < 4.78 is 0. The van der Waals surface area contributed by atoms with Crippen LogP contribution in [0.25, 0.3) is 0 Å². The van der Waals surface area contributed by atoms with Crippen LogP contribution >= 0.6 is 0 Å². The van der Waals surface area contributed by atoms with Gasteiger partial charge in [-0.25, -0.2) is 0 Å². The Morgan fingerprint density at radius 2 is 1.96 bits per heavy atom. The third-order valence-electron chi connectivity index (χ3n) is 5.12. The van der Waals surface area contributed by atoms with E-state index in [2.05, 4.69) is 10.6 Å². The van der Waals surface area contributed by atoms with Crippen LogP contribution in [0.4, 0.5) is 11.4 Å². The molecule has 2 aliphatic rings. The van der Waals surface area contributed by atoms with Crippen LogP contribution < -0.4 is 10.6 Å². The van der Waals surface area contributed by atoms with Gasteiger partial charge in [0.05, 0.1) is 18.1 Å². The van der Waals surface area contributed by atoms with E-state index < -0.39 is 5.41 Å². The second-order valence-electron chi connectivity index (χ2n) is 6.84. The van der Waals surface area contributed by atoms with E-state index in [1.807, 2.05) is 18.2 Å². The van der Waals surface area contributed by atoms with E-state index in [9.17, 15) is 20.1 Å². The fourth-order valence-corrected chi connectivity index (χ4v) is 3.47. The fraction of sp³-hybridized carbons (Fsp3) is 0.316. The molecule has 25 heavy (non-hydrogen) atoms. The minimum Gasteiger partial charge on any atom is -0.504 e. The average molecular weight is 340 g/mol. The Kier molecular flexibility index (Phi) is 3.58. The number of aliphatic hydroxyl groups excluding tert-OH is 1. The second kappa shape index (κ2) is 5.67. The molecule has 1 unspecified atom stereocenters. The van der Waals surface area contributed by atoms with Crippen LogP contribution in [0.1, 0.15) is 24.0 Å². The van der Waals surface area contributed by atoms with Gasteiger partial charge >= 0.3 is 0 Å². The molecule has 1 amide bonds. The predicted octanol–water partition coefficient (Wildman–Crippen LogP) is 2.10. The molecule has 1 aliphatic heterocycles. The van der Waals surface area contributed by atoms with E-state index >= 15 is 0 Å². The number of phenolic OH excluding ortho intramolecular Hbond substituents is 2. The highest BCUT2D eigenvalue weighted by Gasteiger charge is 2.51. The van der Waals surface area contributed by atoms with E-state index in [4.69, 9.17) is 0 Å². The van der Waals surface area contributed by atoms with E-state index in [-0.39, 0.29) is 30.1 Å². The Balaban J connectivity index is 1.54. The number of hydrogen-bond acceptors (Lipinski definition) is 5. The quantitative estimate of drug-likeness (QED) is 0.549. The first-order valence-electron chi connectivity index (χ1n) is 8.36. The normalized spacial score (nSPS) is 19.8. The predicted molar refractivity (Wildman–Crippen MR) is 94.0 cm³/mol. The summed E-state index contributed by atoms with van der Waals surface area (Å²) in [6, 6.07) is 10.3. The van der Waals surface area contributed by atoms with Gasteiger partial charge in [-0.05, 0) is 60.7 Å². The zero-order valence-electron chi connectivity index (χ0n) is 13.6. The van der Waals surface area contributed by atoms with Crippen LogP contribution in [0.3, 0.4) is 0 Å². The summed E-state index contributed by atoms with van der Waals surface area (Å²) in [6.07, 6.45) is 2.15. The molecule has 1 saturated carbocycles. The number of phenols is 2. The first kappa shape index (κ1) is 15.8. The van der Waals surface area contributed by atoms with Crippen LogP contribution in [0.2, 0.25) is 0 Å². The summed E-state index contributed by atoms with van der Waals surface area (Å²) in [5.74, 6) is -0.512. The van der Waals surface area contributed by atoms with Gasteiger partial charge in [0.2, 0.25) is 5.91 Å². The van der Waals surface area contributed by atoms with Crippen LogP contribution in [0.5, 0.6) is 11.5 Å². The van der Waals surface area contributed by atoms with Crippen molar-refractivity contribution >= 4 is 17.3 Å². The molecule has 1 aliphatic carbocycles. The van der Waals surface area contributed by atoms with E-state index in [1.165, 1.54) is 12.1 Å². The molecule has 1 heterocycles. The van der Waals surface area contributed by atoms with Crippen molar-refractivity contribution in [3.8, 4) is 11.5 Å². The number of aromatic hydroxyl groups is 2. The first-order chi connectivity index (χ1) is 12.0. The number of carbonyl (C=O) groups is 1. The molecule has 1 atom stereocenters. The molecule has 0 saturated heterocycles. The zero-order chi connectivity index (χ0) is 17.6. The molecule has 2 aromatic rings. The lowest BCUT2D eigenvalue weighted by molar-refractivity contribution is -0.118. The highest BCUT2D eigenvalue weighted by atomic mass is 16.3. The molecule has 130 valence electrons. The maximum absolute atomic E-state index is 12.8. The number of fused-ring (bicyclic) bond motifs is 1. The van der Waals surface area contributed by atoms with Crippen molar-refractivity contribution in [1.29, 1.82) is 0 Å². The largest absolute Gasteiger partial charge is 0.504 e. The lowest BCUT2D eigenvalue weighted by atomic mass is 9.94. The van der Waals surface area contributed by atoms with E-state index in [0.29, 0.717) is 18.4 Å². The summed E-state index contributed by atoms with van der Waals surface area (Å²) >= 11 is 0. The monoisotopic (exact) mass is 340 g/mol. The molecule has 0 radical (unpaired) electrons. The Morgan fingerprint density at radius 3 is 2.64 bits per heavy atom. The number of hydrogen-bond donors (Lipinski definition) is 5. The molecule has 6 heteroatoms. The van der Waals surface area contributed by atoms with Gasteiger partial charge in [0.1, 0.15) is 0 Å². The van der Waals surface area contributed by atoms with Gasteiger partial charge in [-0.2, -0.15) is 0 Å². The van der Waals surface area contributed by atoms with Crippen molar-refractivity contribution in [2.45, 2.75) is 30.7 Å². The smallest absolute Gasteiger partial charge is 0.235 e. The Hall–Kier alpha value is -2.73. The van der Waals surface area contributed by atoms with Gasteiger partial charge in [-0.1, -0.05) is 6.07 Å². The molecule has 5 N–H and O–H groups in total. The molecule has 0 bridgehead atoms. The van der Waals surface area contributed by atoms with Crippen molar-refractivity contribution < 1.29 is 20.1 Å². The van der Waals surface area contributed by atoms with Crippen molar-refractivity contribution in [3.05, 3.63) is 47.5 Å². The summed E-state index contributed by atoms with van der Waals surface area (Å²) in [7, 11) is 0. The number of carbonyl (C=O) groups excluding carboxylic acids is 1. The van der Waals surface area contributed by atoms with Gasteiger partial charge in [0.15, 0.2) is 11.5 Å². The lowest BCUT2D eigenvalue weighted by Gasteiger charge is -2.17. The van der Waals surface area contributed by atoms with Crippen molar-refractivity contribution in [3.63, 3.8) is 0 Å². The molecule has 1 fully saturated rings. The number of nitrogens with one attached hydrogen (secondary N) is 2. The number of benzene rings is 2. The van der Waals surface area contributed by atoms with Crippen LogP contribution in [0.15, 0.2) is 36.4 Å². The first-order valence-corrected chi connectivity index (χ1v) is 8.36. The summed E-state index contributed by atoms with van der Waals surface area (Å²) in [5.41, 5.74) is 2.85. The summed E-state index contributed by atoms with van der Waals surface area (Å²) in [4.78, 5) is 12.8. The topological polar surface area (TPSA) is 102 Å². The minimum absolute atomic E-state index is 0.0238. The third-order valence-corrected chi connectivity index (χ3v) is 5.12. The van der Waals surface area contributed by atoms with Crippen LogP contribution in [-0.4, -0.2) is 33.9 Å². The fourth-order valence-electron chi connectivity index (χ4n) is 3.47. The standard InChI is InChI=1S/C19H20N2O4/c22-10-14-8-11-7-13(2-3-15(11)20-14)21-18(25)19(5-6-19)12-1-4-16(23)17(24)9-12/h1-4,7,9,14,20,22-24H,5-6,8,10H2,(H,21,25). The van der Waals surface area contributed by atoms with Gasteiger partial charge in [0.25, 0.3) is 0 Å². The SMILES string of the molecule is O=C(Nc1ccc2c(c1)CC(CO)N2)C1(c2ccc(O)c(O)c2)CC1. The second-order valence-corrected chi connectivity index (χ2v) is 6.84. The summed E-state index contributed by atoms with van der Waals surface area (Å²) in [6.45, 7) is 0.0732. The number of amides is 1.